The van der Waals surface area contributed by atoms with Crippen LogP contribution in [-0.2, 0) is 0 Å². The number of carboxylic acid groups (broad SMARTS) is 1. The molecule has 3 N–H and O–H groups in total. The first kappa shape index (κ1) is 17.2. The molecule has 0 unspecified atom stereocenters. The Morgan fingerprint density at radius 3 is 2.24 bits per heavy atom. The molecular weight excluding hydrogens is 270 g/mol. The largest absolute Gasteiger partial charge is 0.478 e. The average Bonchev–Trinajstić information content (AvgIpc) is 2.45. The molecule has 0 aliphatic heterocycles. The zero-order valence-electron chi connectivity index (χ0n) is 12.6. The lowest BCUT2D eigenvalue weighted by Crippen LogP contribution is -2.42. The van der Waals surface area contributed by atoms with E-state index in [1.54, 1.807) is 6.07 Å². The van der Waals surface area contributed by atoms with Crippen molar-refractivity contribution < 1.29 is 19.8 Å². The molecule has 0 radical (unpaired) electrons. The van der Waals surface area contributed by atoms with Crippen molar-refractivity contribution in [3.63, 3.8) is 0 Å². The summed E-state index contributed by atoms with van der Waals surface area (Å²) in [6.45, 7) is 4.14. The number of nitrogens with one attached hydrogen (secondary N) is 1. The minimum atomic E-state index is -1.07. The quantitative estimate of drug-likeness (QED) is 0.687. The van der Waals surface area contributed by atoms with Gasteiger partial charge in [0.1, 0.15) is 0 Å². The van der Waals surface area contributed by atoms with Crippen molar-refractivity contribution in [3.8, 4) is 0 Å². The maximum absolute atomic E-state index is 12.1. The van der Waals surface area contributed by atoms with Crippen LogP contribution < -0.4 is 5.32 Å². The molecule has 0 heterocycles. The molecule has 1 amide bonds. The lowest BCUT2D eigenvalue weighted by molar-refractivity contribution is 0.0213. The molecule has 0 aliphatic carbocycles. The number of hydrogen-bond acceptors (Lipinski definition) is 3. The summed E-state index contributed by atoms with van der Waals surface area (Å²) in [6.07, 6.45) is 2.91. The summed E-state index contributed by atoms with van der Waals surface area (Å²) in [5.74, 6) is -1.44. The first-order valence-corrected chi connectivity index (χ1v) is 7.26. The second-order valence-electron chi connectivity index (χ2n) is 5.29. The fourth-order valence-corrected chi connectivity index (χ4v) is 2.37. The lowest BCUT2D eigenvalue weighted by Gasteiger charge is -2.27. The Balaban J connectivity index is 2.72. The molecule has 1 aromatic carbocycles. The van der Waals surface area contributed by atoms with Crippen LogP contribution in [0.25, 0.3) is 0 Å². The van der Waals surface area contributed by atoms with Crippen molar-refractivity contribution in [1.82, 2.24) is 5.32 Å². The van der Waals surface area contributed by atoms with Gasteiger partial charge < -0.3 is 15.5 Å². The van der Waals surface area contributed by atoms with Crippen LogP contribution in [0.3, 0.4) is 0 Å². The van der Waals surface area contributed by atoms with E-state index in [2.05, 4.69) is 5.32 Å². The molecule has 0 spiro atoms. The summed E-state index contributed by atoms with van der Waals surface area (Å²) in [4.78, 5) is 23.0. The van der Waals surface area contributed by atoms with Crippen molar-refractivity contribution in [2.75, 3.05) is 6.54 Å². The molecule has 0 bridgehead atoms. The fourth-order valence-electron chi connectivity index (χ4n) is 2.37. The standard InChI is InChI=1S/C16H23NO4/c1-3-8-16(21,9-4-2)11-17-14(18)12-6-5-7-13(10-12)15(19)20/h5-7,10,21H,3-4,8-9,11H2,1-2H3,(H,17,18)(H,19,20). The van der Waals surface area contributed by atoms with Crippen LogP contribution in [0.1, 0.15) is 60.2 Å². The maximum Gasteiger partial charge on any atom is 0.335 e. The fraction of sp³-hybridized carbons (Fsp3) is 0.500. The smallest absolute Gasteiger partial charge is 0.335 e. The van der Waals surface area contributed by atoms with E-state index in [-0.39, 0.29) is 23.6 Å². The first-order valence-electron chi connectivity index (χ1n) is 7.26. The first-order chi connectivity index (χ1) is 9.91. The number of rotatable bonds is 8. The van der Waals surface area contributed by atoms with Crippen LogP contribution in [0, 0.1) is 0 Å². The molecular formula is C16H23NO4. The second kappa shape index (κ2) is 7.78. The summed E-state index contributed by atoms with van der Waals surface area (Å²) in [7, 11) is 0. The van der Waals surface area contributed by atoms with Gasteiger partial charge in [-0.15, -0.1) is 0 Å². The summed E-state index contributed by atoms with van der Waals surface area (Å²) in [5, 5.41) is 22.1. The van der Waals surface area contributed by atoms with E-state index >= 15 is 0 Å². The highest BCUT2D eigenvalue weighted by Gasteiger charge is 2.25. The molecule has 5 heteroatoms. The van der Waals surface area contributed by atoms with Crippen LogP contribution >= 0.6 is 0 Å². The van der Waals surface area contributed by atoms with Crippen LogP contribution in [0.15, 0.2) is 24.3 Å². The molecule has 0 aliphatic rings. The third-order valence-electron chi connectivity index (χ3n) is 3.38. The molecule has 0 atom stereocenters. The van der Waals surface area contributed by atoms with Gasteiger partial charge in [-0.25, -0.2) is 4.79 Å². The lowest BCUT2D eigenvalue weighted by atomic mass is 9.92. The number of amides is 1. The number of carbonyl (C=O) groups excluding carboxylic acids is 1. The van der Waals surface area contributed by atoms with E-state index in [1.807, 2.05) is 13.8 Å². The molecule has 0 fully saturated rings. The van der Waals surface area contributed by atoms with Crippen molar-refractivity contribution in [2.24, 2.45) is 0 Å². The Morgan fingerprint density at radius 1 is 1.14 bits per heavy atom. The number of aromatic carboxylic acids is 1. The zero-order chi connectivity index (χ0) is 15.9. The molecule has 116 valence electrons. The van der Waals surface area contributed by atoms with Gasteiger partial charge in [-0.1, -0.05) is 32.8 Å². The van der Waals surface area contributed by atoms with Crippen LogP contribution in [0.5, 0.6) is 0 Å². The van der Waals surface area contributed by atoms with Gasteiger partial charge in [-0.3, -0.25) is 4.79 Å². The van der Waals surface area contributed by atoms with Crippen molar-refractivity contribution >= 4 is 11.9 Å². The van der Waals surface area contributed by atoms with Crippen LogP contribution in [-0.4, -0.2) is 34.2 Å². The minimum Gasteiger partial charge on any atom is -0.478 e. The summed E-state index contributed by atoms with van der Waals surface area (Å²) in [5.41, 5.74) is -0.547. The van der Waals surface area contributed by atoms with E-state index in [0.717, 1.165) is 12.8 Å². The summed E-state index contributed by atoms with van der Waals surface area (Å²) >= 11 is 0. The predicted molar refractivity (Wildman–Crippen MR) is 80.5 cm³/mol. The van der Waals surface area contributed by atoms with Gasteiger partial charge >= 0.3 is 5.97 Å². The highest BCUT2D eigenvalue weighted by Crippen LogP contribution is 2.18. The van der Waals surface area contributed by atoms with Crippen LogP contribution in [0.2, 0.25) is 0 Å². The molecule has 0 aromatic heterocycles. The molecule has 1 rings (SSSR count). The highest BCUT2D eigenvalue weighted by molar-refractivity contribution is 5.97. The molecule has 0 saturated carbocycles. The van der Waals surface area contributed by atoms with Crippen molar-refractivity contribution in [2.45, 2.75) is 45.1 Å². The maximum atomic E-state index is 12.1. The van der Waals surface area contributed by atoms with E-state index in [4.69, 9.17) is 5.11 Å². The number of carbonyl (C=O) groups is 2. The molecule has 21 heavy (non-hydrogen) atoms. The molecule has 1 aromatic rings. The molecule has 0 saturated heterocycles. The van der Waals surface area contributed by atoms with Crippen molar-refractivity contribution in [3.05, 3.63) is 35.4 Å². The zero-order valence-corrected chi connectivity index (χ0v) is 12.6. The van der Waals surface area contributed by atoms with Gasteiger partial charge in [0, 0.05) is 12.1 Å². The van der Waals surface area contributed by atoms with E-state index in [1.165, 1.54) is 18.2 Å². The van der Waals surface area contributed by atoms with E-state index < -0.39 is 11.6 Å². The third kappa shape index (κ3) is 5.19. The Hall–Kier alpha value is -1.88. The summed E-state index contributed by atoms with van der Waals surface area (Å²) < 4.78 is 0. The van der Waals surface area contributed by atoms with Gasteiger partial charge in [0.15, 0.2) is 0 Å². The van der Waals surface area contributed by atoms with Crippen LogP contribution in [0.4, 0.5) is 0 Å². The van der Waals surface area contributed by atoms with Gasteiger partial charge in [-0.2, -0.15) is 0 Å². The second-order valence-corrected chi connectivity index (χ2v) is 5.29. The summed E-state index contributed by atoms with van der Waals surface area (Å²) in [6, 6.07) is 5.85. The Labute approximate surface area is 125 Å². The monoisotopic (exact) mass is 293 g/mol. The number of hydrogen-bond donors (Lipinski definition) is 3. The number of benzene rings is 1. The number of carboxylic acids is 1. The van der Waals surface area contributed by atoms with E-state index in [9.17, 15) is 14.7 Å². The Morgan fingerprint density at radius 2 is 1.71 bits per heavy atom. The average molecular weight is 293 g/mol. The predicted octanol–water partition coefficient (Wildman–Crippen LogP) is 2.45. The Bertz CT molecular complexity index is 493. The van der Waals surface area contributed by atoms with Crippen molar-refractivity contribution in [1.29, 1.82) is 0 Å². The minimum absolute atomic E-state index is 0.0695. The van der Waals surface area contributed by atoms with Gasteiger partial charge in [0.05, 0.1) is 11.2 Å². The highest BCUT2D eigenvalue weighted by atomic mass is 16.4. The Kier molecular flexibility index (Phi) is 6.37. The topological polar surface area (TPSA) is 86.6 Å². The normalized spacial score (nSPS) is 11.2. The van der Waals surface area contributed by atoms with Gasteiger partial charge in [0.2, 0.25) is 0 Å². The van der Waals surface area contributed by atoms with Gasteiger partial charge in [0.25, 0.3) is 5.91 Å². The molecule has 5 nitrogen and oxygen atoms in total. The SMILES string of the molecule is CCCC(O)(CCC)CNC(=O)c1cccc(C(=O)O)c1. The number of aliphatic hydroxyl groups is 1. The van der Waals surface area contributed by atoms with E-state index in [0.29, 0.717) is 12.8 Å². The van der Waals surface area contributed by atoms with Gasteiger partial charge in [-0.05, 0) is 31.0 Å². The third-order valence-corrected chi connectivity index (χ3v) is 3.38.